The van der Waals surface area contributed by atoms with E-state index < -0.39 is 5.97 Å². The summed E-state index contributed by atoms with van der Waals surface area (Å²) in [6, 6.07) is 12.7. The van der Waals surface area contributed by atoms with E-state index in [1.807, 2.05) is 31.2 Å². The minimum absolute atomic E-state index is 0.166. The molecule has 2 aromatic rings. The highest BCUT2D eigenvalue weighted by Gasteiger charge is 2.17. The van der Waals surface area contributed by atoms with Crippen molar-refractivity contribution in [1.29, 1.82) is 0 Å². The first kappa shape index (κ1) is 15.0. The van der Waals surface area contributed by atoms with Crippen LogP contribution in [0.4, 0.5) is 5.69 Å². The van der Waals surface area contributed by atoms with Crippen molar-refractivity contribution in [2.45, 2.75) is 6.92 Å². The Balaban J connectivity index is 2.38. The van der Waals surface area contributed by atoms with E-state index in [2.05, 4.69) is 15.2 Å². The van der Waals surface area contributed by atoms with Gasteiger partial charge in [0.2, 0.25) is 0 Å². The number of carboxylic acids is 1. The third-order valence-corrected chi connectivity index (χ3v) is 3.42. The molecule has 0 fully saturated rings. The molecule has 4 nitrogen and oxygen atoms in total. The first-order chi connectivity index (χ1) is 10.0. The Labute approximate surface area is 126 Å². The quantitative estimate of drug-likeness (QED) is 0.832. The molecule has 2 N–H and O–H groups in total. The second-order valence-electron chi connectivity index (χ2n) is 4.55. The Kier molecular flexibility index (Phi) is 4.54. The summed E-state index contributed by atoms with van der Waals surface area (Å²) in [5.41, 5.74) is 2.65. The van der Waals surface area contributed by atoms with E-state index in [1.165, 1.54) is 13.2 Å². The molecule has 0 saturated carbocycles. The van der Waals surface area contributed by atoms with Gasteiger partial charge in [0.1, 0.15) is 5.75 Å². The van der Waals surface area contributed by atoms with E-state index >= 15 is 0 Å². The molecule has 0 spiro atoms. The van der Waals surface area contributed by atoms with Crippen LogP contribution >= 0.6 is 0 Å². The second kappa shape index (κ2) is 6.36. The SMILES string of the molecule is COc1cccc(C(=O)O)c1C(=[Si])Nc1ccc(C)cc1. The third kappa shape index (κ3) is 3.38. The summed E-state index contributed by atoms with van der Waals surface area (Å²) in [7, 11) is 4.98. The van der Waals surface area contributed by atoms with Crippen molar-refractivity contribution >= 4 is 26.8 Å². The lowest BCUT2D eigenvalue weighted by molar-refractivity contribution is 0.0696. The fourth-order valence-corrected chi connectivity index (χ4v) is 2.38. The summed E-state index contributed by atoms with van der Waals surface area (Å²) in [6.07, 6.45) is 0. The lowest BCUT2D eigenvalue weighted by atomic mass is 10.1. The fraction of sp³-hybridized carbons (Fsp3) is 0.125. The van der Waals surface area contributed by atoms with Crippen LogP contribution in [0.15, 0.2) is 42.5 Å². The average molecular weight is 297 g/mol. The summed E-state index contributed by atoms with van der Waals surface area (Å²) in [4.78, 5) is 11.4. The maximum absolute atomic E-state index is 11.4. The van der Waals surface area contributed by atoms with Crippen LogP contribution in [0.25, 0.3) is 0 Å². The van der Waals surface area contributed by atoms with Crippen LogP contribution in [0.1, 0.15) is 21.5 Å². The van der Waals surface area contributed by atoms with E-state index in [0.717, 1.165) is 11.3 Å². The molecule has 2 rings (SSSR count). The monoisotopic (exact) mass is 297 g/mol. The second-order valence-corrected chi connectivity index (χ2v) is 5.05. The van der Waals surface area contributed by atoms with Gasteiger partial charge in [-0.05, 0) is 31.2 Å². The lowest BCUT2D eigenvalue weighted by Crippen LogP contribution is -2.19. The van der Waals surface area contributed by atoms with E-state index in [4.69, 9.17) is 4.74 Å². The highest BCUT2D eigenvalue weighted by atomic mass is 28.1. The highest BCUT2D eigenvalue weighted by Crippen LogP contribution is 2.23. The number of anilines is 1. The number of benzene rings is 2. The Morgan fingerprint density at radius 2 is 1.86 bits per heavy atom. The predicted molar refractivity (Wildman–Crippen MR) is 84.6 cm³/mol. The maximum atomic E-state index is 11.4. The van der Waals surface area contributed by atoms with Gasteiger partial charge in [0.15, 0.2) is 0 Å². The molecule has 2 radical (unpaired) electrons. The number of carbonyl (C=O) groups is 1. The van der Waals surface area contributed by atoms with Gasteiger partial charge < -0.3 is 15.2 Å². The van der Waals surface area contributed by atoms with Crippen molar-refractivity contribution < 1.29 is 14.6 Å². The zero-order valence-corrected chi connectivity index (χ0v) is 12.8. The summed E-state index contributed by atoms with van der Waals surface area (Å²) in [6.45, 7) is 2.00. The summed E-state index contributed by atoms with van der Waals surface area (Å²) in [5, 5.41) is 13.0. The van der Waals surface area contributed by atoms with Gasteiger partial charge in [-0.15, -0.1) is 0 Å². The third-order valence-electron chi connectivity index (χ3n) is 3.05. The number of aryl methyl sites for hydroxylation is 1. The van der Waals surface area contributed by atoms with Crippen molar-refractivity contribution in [3.05, 3.63) is 59.2 Å². The highest BCUT2D eigenvalue weighted by molar-refractivity contribution is 6.48. The number of methoxy groups -OCH3 is 1. The number of ether oxygens (including phenoxy) is 1. The molecule has 21 heavy (non-hydrogen) atoms. The van der Waals surface area contributed by atoms with Crippen LogP contribution in [0.3, 0.4) is 0 Å². The summed E-state index contributed by atoms with van der Waals surface area (Å²) >= 11 is 0. The van der Waals surface area contributed by atoms with Gasteiger partial charge in [0.05, 0.1) is 22.5 Å². The van der Waals surface area contributed by atoms with Crippen LogP contribution in [0, 0.1) is 6.92 Å². The largest absolute Gasteiger partial charge is 0.496 e. The van der Waals surface area contributed by atoms with Crippen LogP contribution in [0.2, 0.25) is 0 Å². The number of hydrogen-bond donors (Lipinski definition) is 2. The predicted octanol–water partition coefficient (Wildman–Crippen LogP) is 2.46. The molecule has 0 heterocycles. The van der Waals surface area contributed by atoms with Crippen molar-refractivity contribution in [2.75, 3.05) is 12.4 Å². The molecular formula is C16H15NO3Si. The molecule has 0 aliphatic carbocycles. The molecular weight excluding hydrogens is 282 g/mol. The average Bonchev–Trinajstić information content (AvgIpc) is 2.48. The zero-order chi connectivity index (χ0) is 15.4. The van der Waals surface area contributed by atoms with Crippen LogP contribution < -0.4 is 10.1 Å². The topological polar surface area (TPSA) is 58.6 Å². The maximum Gasteiger partial charge on any atom is 0.336 e. The smallest absolute Gasteiger partial charge is 0.336 e. The molecule has 0 amide bonds. The minimum Gasteiger partial charge on any atom is -0.496 e. The normalized spacial score (nSPS) is 10.0. The fourth-order valence-electron chi connectivity index (χ4n) is 1.98. The number of nitrogens with one attached hydrogen (secondary N) is 1. The standard InChI is InChI=1S/C16H15NO3Si/c1-10-6-8-11(9-7-10)17-15(21)14-12(16(18)19)4-3-5-13(14)20-2/h3-9,17H,1-2H3,(H,18,19). The van der Waals surface area contributed by atoms with Crippen molar-refractivity contribution in [3.8, 4) is 5.75 Å². The van der Waals surface area contributed by atoms with E-state index in [-0.39, 0.29) is 5.56 Å². The van der Waals surface area contributed by atoms with Gasteiger partial charge in [-0.25, -0.2) is 4.79 Å². The van der Waals surface area contributed by atoms with Gasteiger partial charge in [-0.2, -0.15) is 0 Å². The van der Waals surface area contributed by atoms with E-state index in [0.29, 0.717) is 16.6 Å². The molecule has 106 valence electrons. The van der Waals surface area contributed by atoms with Crippen LogP contribution in [-0.2, 0) is 0 Å². The van der Waals surface area contributed by atoms with E-state index in [1.54, 1.807) is 12.1 Å². The van der Waals surface area contributed by atoms with Gasteiger partial charge >= 0.3 is 5.97 Å². The Hall–Kier alpha value is -2.40. The van der Waals surface area contributed by atoms with Gasteiger partial charge in [0, 0.05) is 16.5 Å². The number of aromatic carboxylic acids is 1. The molecule has 0 saturated heterocycles. The van der Waals surface area contributed by atoms with Gasteiger partial charge in [0.25, 0.3) is 0 Å². The van der Waals surface area contributed by atoms with Gasteiger partial charge in [-0.3, -0.25) is 0 Å². The molecule has 0 bridgehead atoms. The molecule has 2 aromatic carbocycles. The molecule has 0 aliphatic heterocycles. The molecule has 0 atom stereocenters. The Morgan fingerprint density at radius 3 is 2.43 bits per heavy atom. The zero-order valence-electron chi connectivity index (χ0n) is 11.8. The van der Waals surface area contributed by atoms with Crippen LogP contribution in [0.5, 0.6) is 5.75 Å². The number of rotatable bonds is 5. The summed E-state index contributed by atoms with van der Waals surface area (Å²) in [5.74, 6) is -0.523. The Morgan fingerprint density at radius 1 is 1.19 bits per heavy atom. The summed E-state index contributed by atoms with van der Waals surface area (Å²) < 4.78 is 5.26. The number of carboxylic acid groups (broad SMARTS) is 1. The molecule has 0 aromatic heterocycles. The minimum atomic E-state index is -1.01. The first-order valence-corrected chi connectivity index (χ1v) is 6.86. The van der Waals surface area contributed by atoms with E-state index in [9.17, 15) is 9.90 Å². The van der Waals surface area contributed by atoms with Gasteiger partial charge in [-0.1, -0.05) is 23.8 Å². The Bertz CT molecular complexity index is 680. The lowest BCUT2D eigenvalue weighted by Gasteiger charge is -2.16. The molecule has 0 unspecified atom stereocenters. The molecule has 0 aliphatic rings. The van der Waals surface area contributed by atoms with Crippen molar-refractivity contribution in [1.82, 2.24) is 0 Å². The molecule has 5 heteroatoms. The number of hydrogen-bond acceptors (Lipinski definition) is 3. The van der Waals surface area contributed by atoms with Crippen LogP contribution in [-0.4, -0.2) is 33.3 Å². The van der Waals surface area contributed by atoms with Crippen molar-refractivity contribution in [2.24, 2.45) is 0 Å². The first-order valence-electron chi connectivity index (χ1n) is 6.36. The van der Waals surface area contributed by atoms with Crippen molar-refractivity contribution in [3.63, 3.8) is 0 Å².